The molecule has 0 radical (unpaired) electrons. The van der Waals surface area contributed by atoms with Crippen LogP contribution < -0.4 is 5.32 Å². The highest BCUT2D eigenvalue weighted by Gasteiger charge is 2.18. The maximum Gasteiger partial charge on any atom is 0.305 e. The van der Waals surface area contributed by atoms with Gasteiger partial charge < -0.3 is 14.9 Å². The number of carboxylic acid groups (broad SMARTS) is 1. The number of aromatic nitrogens is 2. The number of benzene rings is 1. The summed E-state index contributed by atoms with van der Waals surface area (Å²) < 4.78 is 17.9. The number of nitrogens with one attached hydrogen (secondary N) is 1. The lowest BCUT2D eigenvalue weighted by Crippen LogP contribution is -2.30. The second kappa shape index (κ2) is 8.19. The molecule has 24 heavy (non-hydrogen) atoms. The van der Waals surface area contributed by atoms with Gasteiger partial charge in [0.2, 0.25) is 11.8 Å². The summed E-state index contributed by atoms with van der Waals surface area (Å²) in [6, 6.07) is 4.68. The molecular formula is C16H18FN3O4. The molecule has 1 amide bonds. The van der Waals surface area contributed by atoms with Crippen molar-refractivity contribution in [2.24, 2.45) is 0 Å². The van der Waals surface area contributed by atoms with Crippen molar-refractivity contribution >= 4 is 11.9 Å². The van der Waals surface area contributed by atoms with E-state index >= 15 is 0 Å². The summed E-state index contributed by atoms with van der Waals surface area (Å²) in [5, 5.41) is 15.3. The van der Waals surface area contributed by atoms with E-state index < -0.39 is 17.8 Å². The van der Waals surface area contributed by atoms with Crippen LogP contribution in [0, 0.1) is 12.7 Å². The van der Waals surface area contributed by atoms with Crippen molar-refractivity contribution in [2.45, 2.75) is 38.6 Å². The number of carboxylic acids is 1. The first-order valence-electron chi connectivity index (χ1n) is 7.50. The molecule has 0 bridgehead atoms. The molecule has 2 aromatic rings. The summed E-state index contributed by atoms with van der Waals surface area (Å²) in [6.45, 7) is 1.71. The van der Waals surface area contributed by atoms with E-state index in [4.69, 9.17) is 9.63 Å². The largest absolute Gasteiger partial charge is 0.481 e. The quantitative estimate of drug-likeness (QED) is 0.766. The molecule has 1 aromatic heterocycles. The Bertz CT molecular complexity index is 700. The number of rotatable bonds is 8. The summed E-state index contributed by atoms with van der Waals surface area (Å²) in [5.74, 6) is -0.769. The van der Waals surface area contributed by atoms with E-state index in [1.807, 2.05) is 0 Å². The van der Waals surface area contributed by atoms with Gasteiger partial charge in [0.15, 0.2) is 5.82 Å². The van der Waals surface area contributed by atoms with E-state index in [-0.39, 0.29) is 18.7 Å². The molecule has 0 saturated heterocycles. The van der Waals surface area contributed by atoms with Crippen molar-refractivity contribution in [1.29, 1.82) is 0 Å². The first kappa shape index (κ1) is 17.6. The molecule has 8 heteroatoms. The van der Waals surface area contributed by atoms with Gasteiger partial charge in [-0.25, -0.2) is 4.39 Å². The second-order valence-corrected chi connectivity index (χ2v) is 5.36. The van der Waals surface area contributed by atoms with E-state index in [1.54, 1.807) is 6.92 Å². The minimum absolute atomic E-state index is 0.193. The molecule has 1 unspecified atom stereocenters. The smallest absolute Gasteiger partial charge is 0.305 e. The fourth-order valence-corrected chi connectivity index (χ4v) is 2.23. The molecule has 0 saturated carbocycles. The molecule has 0 spiro atoms. The number of halogens is 1. The van der Waals surface area contributed by atoms with Crippen molar-refractivity contribution in [2.75, 3.05) is 0 Å². The van der Waals surface area contributed by atoms with Crippen LogP contribution in [0.3, 0.4) is 0 Å². The highest BCUT2D eigenvalue weighted by atomic mass is 19.1. The predicted molar refractivity (Wildman–Crippen MR) is 81.5 cm³/mol. The third-order valence-corrected chi connectivity index (χ3v) is 3.35. The number of aliphatic carboxylic acids is 1. The average Bonchev–Trinajstić information content (AvgIpc) is 2.92. The van der Waals surface area contributed by atoms with Crippen molar-refractivity contribution in [3.63, 3.8) is 0 Å². The number of carbonyl (C=O) groups excluding carboxylic acids is 1. The van der Waals surface area contributed by atoms with Crippen LogP contribution in [0.2, 0.25) is 0 Å². The number of hydrogen-bond acceptors (Lipinski definition) is 5. The van der Waals surface area contributed by atoms with Gasteiger partial charge >= 0.3 is 5.97 Å². The maximum atomic E-state index is 13.0. The number of nitrogens with zero attached hydrogens (tertiary/aromatic N) is 2. The SMILES string of the molecule is Cc1noc(CCCC(=O)NC(CC(=O)O)c2ccc(F)cc2)n1. The minimum atomic E-state index is -1.05. The Morgan fingerprint density at radius 2 is 2.04 bits per heavy atom. The summed E-state index contributed by atoms with van der Waals surface area (Å²) in [4.78, 5) is 27.0. The van der Waals surface area contributed by atoms with Gasteiger partial charge in [-0.05, 0) is 31.0 Å². The molecule has 1 aromatic carbocycles. The van der Waals surface area contributed by atoms with Gasteiger partial charge in [0.1, 0.15) is 5.82 Å². The van der Waals surface area contributed by atoms with Gasteiger partial charge in [-0.3, -0.25) is 9.59 Å². The zero-order chi connectivity index (χ0) is 17.5. The molecule has 0 fully saturated rings. The molecule has 1 heterocycles. The molecule has 2 rings (SSSR count). The fourth-order valence-electron chi connectivity index (χ4n) is 2.23. The van der Waals surface area contributed by atoms with Crippen LogP contribution in [-0.2, 0) is 16.0 Å². The first-order chi connectivity index (χ1) is 11.4. The van der Waals surface area contributed by atoms with Crippen LogP contribution in [0.15, 0.2) is 28.8 Å². The van der Waals surface area contributed by atoms with Crippen LogP contribution in [0.1, 0.15) is 42.6 Å². The van der Waals surface area contributed by atoms with Crippen LogP contribution >= 0.6 is 0 Å². The number of amides is 1. The Hall–Kier alpha value is -2.77. The van der Waals surface area contributed by atoms with Gasteiger partial charge in [-0.15, -0.1) is 0 Å². The molecule has 1 atom stereocenters. The standard InChI is InChI=1S/C16H18FN3O4/c1-10-18-15(24-20-10)4-2-3-14(21)19-13(9-16(22)23)11-5-7-12(17)8-6-11/h5-8,13H,2-4,9H2,1H3,(H,19,21)(H,22,23). The first-order valence-corrected chi connectivity index (χ1v) is 7.50. The van der Waals surface area contributed by atoms with E-state index in [2.05, 4.69) is 15.5 Å². The zero-order valence-electron chi connectivity index (χ0n) is 13.2. The van der Waals surface area contributed by atoms with Crippen LogP contribution in [0.4, 0.5) is 4.39 Å². The van der Waals surface area contributed by atoms with E-state index in [1.165, 1.54) is 24.3 Å². The van der Waals surface area contributed by atoms with Gasteiger partial charge in [0.25, 0.3) is 0 Å². The topological polar surface area (TPSA) is 105 Å². The van der Waals surface area contributed by atoms with Crippen LogP contribution in [0.5, 0.6) is 0 Å². The van der Waals surface area contributed by atoms with E-state index in [0.717, 1.165) is 0 Å². The maximum absolute atomic E-state index is 13.0. The van der Waals surface area contributed by atoms with Gasteiger partial charge in [-0.1, -0.05) is 17.3 Å². The Morgan fingerprint density at radius 3 is 2.62 bits per heavy atom. The normalized spacial score (nSPS) is 11.9. The van der Waals surface area contributed by atoms with Gasteiger partial charge in [-0.2, -0.15) is 4.98 Å². The van der Waals surface area contributed by atoms with Crippen molar-refractivity contribution in [3.8, 4) is 0 Å². The van der Waals surface area contributed by atoms with Crippen LogP contribution in [-0.4, -0.2) is 27.1 Å². The second-order valence-electron chi connectivity index (χ2n) is 5.36. The van der Waals surface area contributed by atoms with Gasteiger partial charge in [0, 0.05) is 12.8 Å². The summed E-state index contributed by atoms with van der Waals surface area (Å²) in [7, 11) is 0. The van der Waals surface area contributed by atoms with E-state index in [0.29, 0.717) is 30.1 Å². The van der Waals surface area contributed by atoms with Crippen LogP contribution in [0.25, 0.3) is 0 Å². The molecule has 7 nitrogen and oxygen atoms in total. The van der Waals surface area contributed by atoms with Gasteiger partial charge in [0.05, 0.1) is 12.5 Å². The third-order valence-electron chi connectivity index (χ3n) is 3.35. The van der Waals surface area contributed by atoms with Crippen molar-refractivity contribution in [3.05, 3.63) is 47.4 Å². The minimum Gasteiger partial charge on any atom is -0.481 e. The Morgan fingerprint density at radius 1 is 1.33 bits per heavy atom. The Balaban J connectivity index is 1.89. The number of hydrogen-bond donors (Lipinski definition) is 2. The molecular weight excluding hydrogens is 317 g/mol. The molecule has 128 valence electrons. The zero-order valence-corrected chi connectivity index (χ0v) is 13.2. The highest BCUT2D eigenvalue weighted by Crippen LogP contribution is 2.18. The fraction of sp³-hybridized carbons (Fsp3) is 0.375. The lowest BCUT2D eigenvalue weighted by Gasteiger charge is -2.17. The highest BCUT2D eigenvalue weighted by molar-refractivity contribution is 5.77. The Labute approximate surface area is 137 Å². The molecule has 0 aliphatic rings. The molecule has 0 aliphatic carbocycles. The number of aryl methyl sites for hydroxylation is 2. The average molecular weight is 335 g/mol. The van der Waals surface area contributed by atoms with Crippen molar-refractivity contribution in [1.82, 2.24) is 15.5 Å². The monoisotopic (exact) mass is 335 g/mol. The summed E-state index contributed by atoms with van der Waals surface area (Å²) >= 11 is 0. The lowest BCUT2D eigenvalue weighted by atomic mass is 10.0. The lowest BCUT2D eigenvalue weighted by molar-refractivity contribution is -0.137. The summed E-state index contributed by atoms with van der Waals surface area (Å²) in [6.07, 6.45) is 0.879. The predicted octanol–water partition coefficient (Wildman–Crippen LogP) is 2.17. The van der Waals surface area contributed by atoms with Crippen molar-refractivity contribution < 1.29 is 23.6 Å². The molecule has 0 aliphatic heterocycles. The Kier molecular flexibility index (Phi) is 6.00. The van der Waals surface area contributed by atoms with E-state index in [9.17, 15) is 14.0 Å². The summed E-state index contributed by atoms with van der Waals surface area (Å²) in [5.41, 5.74) is 0.541. The third kappa shape index (κ3) is 5.45. The molecule has 2 N–H and O–H groups in total. The number of carbonyl (C=O) groups is 2.